The highest BCUT2D eigenvalue weighted by molar-refractivity contribution is 6.31. The number of hydrogen-bond acceptors (Lipinski definition) is 3. The van der Waals surface area contributed by atoms with E-state index in [4.69, 9.17) is 16.3 Å². The van der Waals surface area contributed by atoms with Gasteiger partial charge in [0.1, 0.15) is 11.8 Å². The van der Waals surface area contributed by atoms with Gasteiger partial charge in [0.05, 0.1) is 0 Å². The number of rotatable bonds is 7. The Kier molecular flexibility index (Phi) is 7.68. The van der Waals surface area contributed by atoms with Crippen molar-refractivity contribution >= 4 is 23.4 Å². The van der Waals surface area contributed by atoms with Crippen molar-refractivity contribution in [1.82, 2.24) is 10.2 Å². The van der Waals surface area contributed by atoms with Gasteiger partial charge in [-0.2, -0.15) is 0 Å². The largest absolute Gasteiger partial charge is 0.484 e. The minimum Gasteiger partial charge on any atom is -0.484 e. The smallest absolute Gasteiger partial charge is 0.261 e. The number of carbonyl (C=O) groups is 2. The maximum absolute atomic E-state index is 13.0. The topological polar surface area (TPSA) is 58.6 Å². The van der Waals surface area contributed by atoms with Gasteiger partial charge in [0.2, 0.25) is 5.91 Å². The van der Waals surface area contributed by atoms with E-state index in [0.717, 1.165) is 11.1 Å². The Bertz CT molecular complexity index is 861. The molecule has 6 heteroatoms. The molecule has 0 spiro atoms. The average Bonchev–Trinajstić information content (AvgIpc) is 2.63. The Balaban J connectivity index is 2.19. The van der Waals surface area contributed by atoms with Crippen LogP contribution >= 0.6 is 11.6 Å². The molecule has 156 valence electrons. The second-order valence-electron chi connectivity index (χ2n) is 8.13. The molecule has 0 saturated carbocycles. The van der Waals surface area contributed by atoms with Crippen LogP contribution in [0.1, 0.15) is 38.8 Å². The predicted octanol–water partition coefficient (Wildman–Crippen LogP) is 4.36. The van der Waals surface area contributed by atoms with Crippen molar-refractivity contribution in [3.05, 3.63) is 64.7 Å². The molecule has 1 atom stereocenters. The van der Waals surface area contributed by atoms with Crippen LogP contribution in [0.25, 0.3) is 0 Å². The minimum atomic E-state index is -0.681. The monoisotopic (exact) mass is 416 g/mol. The highest BCUT2D eigenvalue weighted by Gasteiger charge is 2.29. The Hall–Kier alpha value is -2.53. The second kappa shape index (κ2) is 9.79. The Labute approximate surface area is 178 Å². The number of benzene rings is 2. The first-order chi connectivity index (χ1) is 13.6. The summed E-state index contributed by atoms with van der Waals surface area (Å²) in [7, 11) is 0. The van der Waals surface area contributed by atoms with E-state index in [1.54, 1.807) is 19.1 Å². The molecule has 0 aromatic heterocycles. The summed E-state index contributed by atoms with van der Waals surface area (Å²) in [6, 6.07) is 14.1. The van der Waals surface area contributed by atoms with Crippen LogP contribution in [0.2, 0.25) is 5.02 Å². The zero-order valence-corrected chi connectivity index (χ0v) is 18.4. The van der Waals surface area contributed by atoms with Gasteiger partial charge in [-0.15, -0.1) is 0 Å². The van der Waals surface area contributed by atoms with E-state index in [2.05, 4.69) is 5.32 Å². The summed E-state index contributed by atoms with van der Waals surface area (Å²) in [5.41, 5.74) is 1.41. The van der Waals surface area contributed by atoms with Gasteiger partial charge in [-0.3, -0.25) is 9.59 Å². The lowest BCUT2D eigenvalue weighted by Gasteiger charge is -2.31. The van der Waals surface area contributed by atoms with Crippen molar-refractivity contribution in [3.63, 3.8) is 0 Å². The first kappa shape index (κ1) is 22.8. The van der Waals surface area contributed by atoms with Crippen molar-refractivity contribution in [2.24, 2.45) is 0 Å². The number of nitrogens with zero attached hydrogens (tertiary/aromatic N) is 1. The van der Waals surface area contributed by atoms with Gasteiger partial charge in [0.15, 0.2) is 6.61 Å². The third kappa shape index (κ3) is 7.09. The number of amides is 2. The van der Waals surface area contributed by atoms with E-state index in [9.17, 15) is 9.59 Å². The number of hydrogen-bond donors (Lipinski definition) is 1. The normalized spacial score (nSPS) is 12.2. The molecule has 2 aromatic carbocycles. The van der Waals surface area contributed by atoms with E-state index < -0.39 is 11.6 Å². The van der Waals surface area contributed by atoms with Gasteiger partial charge in [-0.05, 0) is 63.9 Å². The Morgan fingerprint density at radius 1 is 1.14 bits per heavy atom. The van der Waals surface area contributed by atoms with Crippen LogP contribution in [-0.2, 0) is 16.1 Å². The molecule has 2 aromatic rings. The summed E-state index contributed by atoms with van der Waals surface area (Å²) >= 11 is 6.28. The quantitative estimate of drug-likeness (QED) is 0.729. The molecule has 1 N–H and O–H groups in total. The molecule has 2 amide bonds. The molecule has 0 saturated heterocycles. The van der Waals surface area contributed by atoms with E-state index in [1.165, 1.54) is 4.90 Å². The molecule has 0 aliphatic rings. The molecule has 0 aliphatic heterocycles. The molecule has 29 heavy (non-hydrogen) atoms. The summed E-state index contributed by atoms with van der Waals surface area (Å²) in [6.07, 6.45) is 0. The SMILES string of the molecule is Cc1cccc(OCC(=O)N(Cc2ccccc2Cl)C(C)C(=O)NC(C)(C)C)c1. The average molecular weight is 417 g/mol. The van der Waals surface area contributed by atoms with Crippen LogP contribution in [0.4, 0.5) is 0 Å². The summed E-state index contributed by atoms with van der Waals surface area (Å²) in [5.74, 6) is 0.0966. The highest BCUT2D eigenvalue weighted by Crippen LogP contribution is 2.19. The third-order valence-electron chi connectivity index (χ3n) is 4.32. The molecule has 5 nitrogen and oxygen atoms in total. The van der Waals surface area contributed by atoms with E-state index in [0.29, 0.717) is 10.8 Å². The Morgan fingerprint density at radius 2 is 1.83 bits per heavy atom. The van der Waals surface area contributed by atoms with Gasteiger partial charge < -0.3 is 15.0 Å². The van der Waals surface area contributed by atoms with Crippen LogP contribution < -0.4 is 10.1 Å². The van der Waals surface area contributed by atoms with Crippen LogP contribution in [0.3, 0.4) is 0 Å². The first-order valence-corrected chi connectivity index (χ1v) is 9.99. The molecule has 2 rings (SSSR count). The van der Waals surface area contributed by atoms with Crippen molar-refractivity contribution in [1.29, 1.82) is 0 Å². The van der Waals surface area contributed by atoms with Crippen LogP contribution in [0.15, 0.2) is 48.5 Å². The van der Waals surface area contributed by atoms with E-state index in [1.807, 2.05) is 64.1 Å². The molecule has 0 radical (unpaired) electrons. The standard InChI is InChI=1S/C23H29ClN2O3/c1-16-9-8-11-19(13-16)29-15-21(27)26(14-18-10-6-7-12-20(18)24)17(2)22(28)25-23(3,4)5/h6-13,17H,14-15H2,1-5H3,(H,25,28). The number of carbonyl (C=O) groups excluding carboxylic acids is 2. The maximum atomic E-state index is 13.0. The fourth-order valence-corrected chi connectivity index (χ4v) is 3.00. The molecule has 0 heterocycles. The molecular formula is C23H29ClN2O3. The Morgan fingerprint density at radius 3 is 2.45 bits per heavy atom. The zero-order valence-electron chi connectivity index (χ0n) is 17.7. The summed E-state index contributed by atoms with van der Waals surface area (Å²) < 4.78 is 5.67. The maximum Gasteiger partial charge on any atom is 0.261 e. The second-order valence-corrected chi connectivity index (χ2v) is 8.54. The lowest BCUT2D eigenvalue weighted by Crippen LogP contribution is -2.53. The van der Waals surface area contributed by atoms with Gasteiger partial charge in [0.25, 0.3) is 5.91 Å². The summed E-state index contributed by atoms with van der Waals surface area (Å²) in [6.45, 7) is 9.42. The van der Waals surface area contributed by atoms with E-state index >= 15 is 0 Å². The van der Waals surface area contributed by atoms with Crippen LogP contribution in [0, 0.1) is 6.92 Å². The van der Waals surface area contributed by atoms with Gasteiger partial charge in [-0.25, -0.2) is 0 Å². The van der Waals surface area contributed by atoms with Gasteiger partial charge in [0, 0.05) is 17.1 Å². The van der Waals surface area contributed by atoms with Crippen LogP contribution in [0.5, 0.6) is 5.75 Å². The fraction of sp³-hybridized carbons (Fsp3) is 0.391. The molecule has 0 bridgehead atoms. The minimum absolute atomic E-state index is 0.166. The van der Waals surface area contributed by atoms with Crippen LogP contribution in [-0.4, -0.2) is 34.9 Å². The molecule has 0 fully saturated rings. The number of ether oxygens (including phenoxy) is 1. The van der Waals surface area contributed by atoms with E-state index in [-0.39, 0.29) is 25.0 Å². The van der Waals surface area contributed by atoms with Gasteiger partial charge >= 0.3 is 0 Å². The fourth-order valence-electron chi connectivity index (χ4n) is 2.80. The summed E-state index contributed by atoms with van der Waals surface area (Å²) in [5, 5.41) is 3.48. The van der Waals surface area contributed by atoms with Crippen molar-refractivity contribution in [3.8, 4) is 5.75 Å². The third-order valence-corrected chi connectivity index (χ3v) is 4.68. The first-order valence-electron chi connectivity index (χ1n) is 9.61. The van der Waals surface area contributed by atoms with Crippen molar-refractivity contribution < 1.29 is 14.3 Å². The number of halogens is 1. The number of nitrogens with one attached hydrogen (secondary N) is 1. The van der Waals surface area contributed by atoms with Gasteiger partial charge in [-0.1, -0.05) is 41.9 Å². The lowest BCUT2D eigenvalue weighted by atomic mass is 10.1. The highest BCUT2D eigenvalue weighted by atomic mass is 35.5. The van der Waals surface area contributed by atoms with Crippen molar-refractivity contribution in [2.45, 2.75) is 52.7 Å². The molecule has 0 aliphatic carbocycles. The molecule has 1 unspecified atom stereocenters. The summed E-state index contributed by atoms with van der Waals surface area (Å²) in [4.78, 5) is 27.2. The molecular weight excluding hydrogens is 388 g/mol. The van der Waals surface area contributed by atoms with Crippen molar-refractivity contribution in [2.75, 3.05) is 6.61 Å². The predicted molar refractivity (Wildman–Crippen MR) is 116 cm³/mol. The lowest BCUT2D eigenvalue weighted by molar-refractivity contribution is -0.142. The number of aryl methyl sites for hydroxylation is 1. The zero-order chi connectivity index (χ0) is 21.6.